The molecule has 0 bridgehead atoms. The number of benzene rings is 3. The molecule has 0 aliphatic carbocycles. The minimum absolute atomic E-state index is 0.0201. The van der Waals surface area contributed by atoms with E-state index >= 15 is 0 Å². The van der Waals surface area contributed by atoms with E-state index < -0.39 is 0 Å². The van der Waals surface area contributed by atoms with Gasteiger partial charge in [0.25, 0.3) is 0 Å². The molecule has 3 aromatic carbocycles. The number of nitrogens with zero attached hydrogens (tertiary/aromatic N) is 1. The highest BCUT2D eigenvalue weighted by Gasteiger charge is 2.18. The third-order valence-electron chi connectivity index (χ3n) is 5.83. The van der Waals surface area contributed by atoms with Crippen molar-refractivity contribution in [3.63, 3.8) is 0 Å². The van der Waals surface area contributed by atoms with Crippen LogP contribution >= 0.6 is 0 Å². The Bertz CT molecular complexity index is 1010. The monoisotopic (exact) mass is 388 g/mol. The van der Waals surface area contributed by atoms with Gasteiger partial charge in [0.1, 0.15) is 5.75 Å². The van der Waals surface area contributed by atoms with Crippen LogP contribution < -0.4 is 10.1 Å². The van der Waals surface area contributed by atoms with E-state index in [0.29, 0.717) is 0 Å². The Morgan fingerprint density at radius 2 is 1.76 bits per heavy atom. The van der Waals surface area contributed by atoms with Crippen LogP contribution in [0.1, 0.15) is 36.8 Å². The molecule has 1 amide bonds. The number of carbonyl (C=O) groups is 1. The van der Waals surface area contributed by atoms with Gasteiger partial charge in [0.15, 0.2) is 0 Å². The van der Waals surface area contributed by atoms with Gasteiger partial charge in [-0.25, -0.2) is 0 Å². The molecule has 0 radical (unpaired) electrons. The first-order valence-electron chi connectivity index (χ1n) is 10.3. The van der Waals surface area contributed by atoms with Gasteiger partial charge >= 0.3 is 0 Å². The maximum Gasteiger partial charge on any atom is 0.231 e. The van der Waals surface area contributed by atoms with Gasteiger partial charge in [-0.15, -0.1) is 0 Å². The lowest BCUT2D eigenvalue weighted by Crippen LogP contribution is -2.22. The number of nitrogens with one attached hydrogen (secondary N) is 1. The number of methoxy groups -OCH3 is 1. The van der Waals surface area contributed by atoms with Crippen molar-refractivity contribution in [1.82, 2.24) is 4.90 Å². The Morgan fingerprint density at radius 3 is 2.55 bits per heavy atom. The fourth-order valence-electron chi connectivity index (χ4n) is 3.99. The first-order valence-corrected chi connectivity index (χ1v) is 10.3. The van der Waals surface area contributed by atoms with Crippen molar-refractivity contribution in [1.29, 1.82) is 0 Å². The summed E-state index contributed by atoms with van der Waals surface area (Å²) in [6.07, 6.45) is 2.53. The van der Waals surface area contributed by atoms with E-state index in [0.717, 1.165) is 47.4 Å². The van der Waals surface area contributed by atoms with Gasteiger partial charge < -0.3 is 10.1 Å². The highest BCUT2D eigenvalue weighted by Crippen LogP contribution is 2.27. The Morgan fingerprint density at radius 1 is 1.03 bits per heavy atom. The normalized spacial score (nSPS) is 15.4. The zero-order chi connectivity index (χ0) is 20.2. The molecule has 4 heteroatoms. The van der Waals surface area contributed by atoms with E-state index in [1.807, 2.05) is 49.4 Å². The first kappa shape index (κ1) is 19.5. The van der Waals surface area contributed by atoms with Gasteiger partial charge in [0, 0.05) is 12.2 Å². The molecule has 1 N–H and O–H groups in total. The number of rotatable bonds is 6. The number of likely N-dealkylation sites (tertiary alicyclic amines) is 1. The summed E-state index contributed by atoms with van der Waals surface area (Å²) in [7, 11) is 1.67. The Hall–Kier alpha value is -2.85. The number of hydrogen-bond acceptors (Lipinski definition) is 3. The van der Waals surface area contributed by atoms with E-state index in [9.17, 15) is 4.79 Å². The zero-order valence-corrected chi connectivity index (χ0v) is 17.2. The van der Waals surface area contributed by atoms with Gasteiger partial charge in [-0.3, -0.25) is 9.69 Å². The van der Waals surface area contributed by atoms with Crippen molar-refractivity contribution in [3.8, 4) is 5.75 Å². The third-order valence-corrected chi connectivity index (χ3v) is 5.83. The standard InChI is InChI=1S/C25H28N2O2/c1-18(19-9-10-21-16-23(29-2)12-11-20(21)15-19)25(28)26-24-8-4-3-7-22(24)17-27-13-5-6-14-27/h3-4,7-12,15-16,18H,5-6,13-14,17H2,1-2H3,(H,26,28)/t18-/m0/s1. The fourth-order valence-corrected chi connectivity index (χ4v) is 3.99. The number of para-hydroxylation sites is 1. The molecule has 0 aromatic heterocycles. The van der Waals surface area contributed by atoms with E-state index in [1.54, 1.807) is 7.11 Å². The van der Waals surface area contributed by atoms with Crippen LogP contribution in [0.25, 0.3) is 10.8 Å². The quantitative estimate of drug-likeness (QED) is 0.632. The Balaban J connectivity index is 1.50. The number of carbonyl (C=O) groups excluding carboxylic acids is 1. The lowest BCUT2D eigenvalue weighted by molar-refractivity contribution is -0.117. The van der Waals surface area contributed by atoms with Crippen LogP contribution in [0.4, 0.5) is 5.69 Å². The average molecular weight is 389 g/mol. The second-order valence-corrected chi connectivity index (χ2v) is 7.82. The first-order chi connectivity index (χ1) is 14.1. The maximum atomic E-state index is 13.0. The molecule has 0 unspecified atom stereocenters. The molecule has 0 spiro atoms. The number of hydrogen-bond donors (Lipinski definition) is 1. The number of anilines is 1. The van der Waals surface area contributed by atoms with Crippen LogP contribution in [0.15, 0.2) is 60.7 Å². The predicted molar refractivity (Wildman–Crippen MR) is 118 cm³/mol. The van der Waals surface area contributed by atoms with Gasteiger partial charge in [-0.2, -0.15) is 0 Å². The van der Waals surface area contributed by atoms with Crippen LogP contribution in [-0.2, 0) is 11.3 Å². The largest absolute Gasteiger partial charge is 0.497 e. The minimum atomic E-state index is -0.235. The summed E-state index contributed by atoms with van der Waals surface area (Å²) in [4.78, 5) is 15.4. The molecule has 4 nitrogen and oxygen atoms in total. The summed E-state index contributed by atoms with van der Waals surface area (Å²) in [5.41, 5.74) is 3.11. The average Bonchev–Trinajstić information content (AvgIpc) is 3.27. The molecular formula is C25H28N2O2. The van der Waals surface area contributed by atoms with Gasteiger partial charge in [-0.1, -0.05) is 42.5 Å². The van der Waals surface area contributed by atoms with Crippen molar-refractivity contribution in [3.05, 3.63) is 71.8 Å². The summed E-state index contributed by atoms with van der Waals surface area (Å²) in [5.74, 6) is 0.624. The van der Waals surface area contributed by atoms with Crippen LogP contribution in [-0.4, -0.2) is 31.0 Å². The van der Waals surface area contributed by atoms with Crippen molar-refractivity contribution < 1.29 is 9.53 Å². The topological polar surface area (TPSA) is 41.6 Å². The third kappa shape index (κ3) is 4.43. The van der Waals surface area contributed by atoms with Crippen LogP contribution in [0.5, 0.6) is 5.75 Å². The van der Waals surface area contributed by atoms with Crippen LogP contribution in [0.2, 0.25) is 0 Å². The number of fused-ring (bicyclic) bond motifs is 1. The highest BCUT2D eigenvalue weighted by atomic mass is 16.5. The molecule has 150 valence electrons. The molecule has 29 heavy (non-hydrogen) atoms. The molecule has 1 heterocycles. The Labute approximate surface area is 172 Å². The summed E-state index contributed by atoms with van der Waals surface area (Å²) in [6.45, 7) is 5.13. The fraction of sp³-hybridized carbons (Fsp3) is 0.320. The van der Waals surface area contributed by atoms with Crippen molar-refractivity contribution >= 4 is 22.4 Å². The van der Waals surface area contributed by atoms with E-state index in [-0.39, 0.29) is 11.8 Å². The SMILES string of the molecule is COc1ccc2cc([C@H](C)C(=O)Nc3ccccc3CN3CCCC3)ccc2c1. The second-order valence-electron chi connectivity index (χ2n) is 7.82. The molecule has 1 aliphatic heterocycles. The van der Waals surface area contributed by atoms with Gasteiger partial charge in [0.05, 0.1) is 13.0 Å². The summed E-state index contributed by atoms with van der Waals surface area (Å²) in [6, 6.07) is 20.3. The maximum absolute atomic E-state index is 13.0. The predicted octanol–water partition coefficient (Wildman–Crippen LogP) is 5.19. The van der Waals surface area contributed by atoms with Crippen LogP contribution in [0.3, 0.4) is 0 Å². The van der Waals surface area contributed by atoms with E-state index in [4.69, 9.17) is 4.74 Å². The second kappa shape index (κ2) is 8.66. The molecule has 1 saturated heterocycles. The number of amides is 1. The van der Waals surface area contributed by atoms with Gasteiger partial charge in [-0.05, 0) is 73.0 Å². The molecule has 0 saturated carbocycles. The summed E-state index contributed by atoms with van der Waals surface area (Å²) in [5, 5.41) is 5.38. The van der Waals surface area contributed by atoms with Crippen molar-refractivity contribution in [2.24, 2.45) is 0 Å². The Kier molecular flexibility index (Phi) is 5.81. The molecule has 1 aliphatic rings. The molecule has 1 atom stereocenters. The smallest absolute Gasteiger partial charge is 0.231 e. The molecular weight excluding hydrogens is 360 g/mol. The number of ether oxygens (including phenoxy) is 1. The van der Waals surface area contributed by atoms with Crippen LogP contribution in [0, 0.1) is 0 Å². The lowest BCUT2D eigenvalue weighted by Gasteiger charge is -2.19. The summed E-state index contributed by atoms with van der Waals surface area (Å²) < 4.78 is 5.30. The highest BCUT2D eigenvalue weighted by molar-refractivity contribution is 5.97. The minimum Gasteiger partial charge on any atom is -0.497 e. The molecule has 1 fully saturated rings. The van der Waals surface area contributed by atoms with Gasteiger partial charge in [0.2, 0.25) is 5.91 Å². The van der Waals surface area contributed by atoms with E-state index in [2.05, 4.69) is 28.4 Å². The molecule has 4 rings (SSSR count). The lowest BCUT2D eigenvalue weighted by atomic mass is 9.96. The zero-order valence-electron chi connectivity index (χ0n) is 17.2. The summed E-state index contributed by atoms with van der Waals surface area (Å²) >= 11 is 0. The van der Waals surface area contributed by atoms with E-state index in [1.165, 1.54) is 18.4 Å². The molecule has 3 aromatic rings. The van der Waals surface area contributed by atoms with Crippen molar-refractivity contribution in [2.45, 2.75) is 32.2 Å². The van der Waals surface area contributed by atoms with Crippen molar-refractivity contribution in [2.75, 3.05) is 25.5 Å².